The first-order valence-corrected chi connectivity index (χ1v) is 15.2. The lowest BCUT2D eigenvalue weighted by atomic mass is 9.91. The van der Waals surface area contributed by atoms with Gasteiger partial charge in [0.15, 0.2) is 5.82 Å². The molecule has 0 radical (unpaired) electrons. The predicted octanol–water partition coefficient (Wildman–Crippen LogP) is 3.77. The molecule has 2 aromatic heterocycles. The molecule has 1 amide bonds. The molecule has 1 atom stereocenters. The average molecular weight is 581 g/mol. The summed E-state index contributed by atoms with van der Waals surface area (Å²) < 4.78 is 7.41. The van der Waals surface area contributed by atoms with Gasteiger partial charge in [-0.25, -0.2) is 9.50 Å². The van der Waals surface area contributed by atoms with Crippen molar-refractivity contribution in [2.75, 3.05) is 45.1 Å². The first kappa shape index (κ1) is 28.8. The molecule has 2 saturated heterocycles. The number of nitrogens with one attached hydrogen (secondary N) is 2. The van der Waals surface area contributed by atoms with Crippen molar-refractivity contribution in [1.29, 1.82) is 5.41 Å². The van der Waals surface area contributed by atoms with Gasteiger partial charge in [0.05, 0.1) is 25.0 Å². The Bertz CT molecular complexity index is 1560. The number of hydrogen-bond acceptors (Lipinski definition) is 8. The van der Waals surface area contributed by atoms with Crippen LogP contribution >= 0.6 is 0 Å². The van der Waals surface area contributed by atoms with Crippen molar-refractivity contribution in [1.82, 2.24) is 29.7 Å². The van der Waals surface area contributed by atoms with E-state index in [9.17, 15) is 4.79 Å². The van der Waals surface area contributed by atoms with Gasteiger partial charge >= 0.3 is 0 Å². The van der Waals surface area contributed by atoms with Gasteiger partial charge in [0, 0.05) is 61.7 Å². The largest absolute Gasteiger partial charge is 0.386 e. The summed E-state index contributed by atoms with van der Waals surface area (Å²) in [6.07, 6.45) is 11.8. The summed E-state index contributed by atoms with van der Waals surface area (Å²) >= 11 is 0. The van der Waals surface area contributed by atoms with Crippen LogP contribution in [0.2, 0.25) is 0 Å². The second-order valence-corrected chi connectivity index (χ2v) is 11.4. The molecule has 0 spiro atoms. The van der Waals surface area contributed by atoms with Crippen LogP contribution in [0.1, 0.15) is 48.9 Å². The van der Waals surface area contributed by atoms with Crippen molar-refractivity contribution in [3.63, 3.8) is 0 Å². The lowest BCUT2D eigenvalue weighted by molar-refractivity contribution is -0.140. The van der Waals surface area contributed by atoms with Gasteiger partial charge < -0.3 is 26.1 Å². The average Bonchev–Trinajstić information content (AvgIpc) is 3.44. The number of aromatic nitrogens is 3. The van der Waals surface area contributed by atoms with Crippen LogP contribution in [-0.2, 0) is 16.1 Å². The number of benzene rings is 1. The topological polar surface area (TPSA) is 125 Å². The van der Waals surface area contributed by atoms with Gasteiger partial charge in [0.25, 0.3) is 0 Å². The highest BCUT2D eigenvalue weighted by atomic mass is 16.5. The molecule has 224 valence electrons. The fourth-order valence-electron chi connectivity index (χ4n) is 6.41. The van der Waals surface area contributed by atoms with Crippen molar-refractivity contribution in [2.24, 2.45) is 0 Å². The Labute approximate surface area is 252 Å². The van der Waals surface area contributed by atoms with E-state index in [1.54, 1.807) is 0 Å². The van der Waals surface area contributed by atoms with Crippen molar-refractivity contribution >= 4 is 28.5 Å². The molecular formula is C33H40N8O2. The van der Waals surface area contributed by atoms with Crippen molar-refractivity contribution in [2.45, 2.75) is 44.7 Å². The molecule has 0 saturated carbocycles. The molecule has 43 heavy (non-hydrogen) atoms. The van der Waals surface area contributed by atoms with Crippen molar-refractivity contribution in [3.8, 4) is 0 Å². The normalized spacial score (nSPS) is 20.0. The lowest BCUT2D eigenvalue weighted by Gasteiger charge is -2.38. The van der Waals surface area contributed by atoms with E-state index < -0.39 is 0 Å². The van der Waals surface area contributed by atoms with Gasteiger partial charge in [-0.3, -0.25) is 9.69 Å². The number of morpholine rings is 1. The SMILES string of the molecule is CCC(C(=O)N1CCC(c2cc(C3=CC(=N)/C(=C\NCc4ccccc4)C=C3)c3c(N)ncnn23)CC1)N1CCOCC1. The smallest absolute Gasteiger partial charge is 0.239 e. The Morgan fingerprint density at radius 3 is 2.65 bits per heavy atom. The molecule has 1 aromatic carbocycles. The Balaban J connectivity index is 1.17. The Kier molecular flexibility index (Phi) is 8.67. The maximum absolute atomic E-state index is 13.5. The standard InChI is InChI=1S/C33H40N8O2/c1-2-29(39-14-16-43-17-15-39)33(42)40-12-10-24(11-13-40)30-19-27(31-32(35)37-22-38-41(30)31)25-8-9-26(28(34)18-25)21-36-20-23-6-4-3-5-7-23/h3-9,18-19,21-22,24,29,34,36H,2,10-17,20H2,1H3,(H2,35,37,38)/b26-21-,34-28?. The Morgan fingerprint density at radius 2 is 1.93 bits per heavy atom. The van der Waals surface area contributed by atoms with Gasteiger partial charge in [0.1, 0.15) is 11.8 Å². The number of ether oxygens (including phenoxy) is 1. The van der Waals surface area contributed by atoms with Gasteiger partial charge in [-0.1, -0.05) is 49.4 Å². The van der Waals surface area contributed by atoms with Crippen LogP contribution in [0.4, 0.5) is 5.82 Å². The Morgan fingerprint density at radius 1 is 1.16 bits per heavy atom. The molecule has 4 N–H and O–H groups in total. The number of anilines is 1. The zero-order valence-electron chi connectivity index (χ0n) is 24.7. The zero-order chi connectivity index (χ0) is 29.8. The number of hydrogen-bond donors (Lipinski definition) is 3. The summed E-state index contributed by atoms with van der Waals surface area (Å²) in [6, 6.07) is 12.3. The Hall–Kier alpha value is -4.28. The quantitative estimate of drug-likeness (QED) is 0.370. The van der Waals surface area contributed by atoms with Crippen LogP contribution < -0.4 is 11.1 Å². The summed E-state index contributed by atoms with van der Waals surface area (Å²) in [5.74, 6) is 0.869. The van der Waals surface area contributed by atoms with E-state index in [4.69, 9.17) is 15.9 Å². The van der Waals surface area contributed by atoms with E-state index in [0.29, 0.717) is 44.4 Å². The second-order valence-electron chi connectivity index (χ2n) is 11.4. The van der Waals surface area contributed by atoms with Crippen LogP contribution in [0.25, 0.3) is 11.1 Å². The number of carbonyl (C=O) groups excluding carboxylic acids is 1. The predicted molar refractivity (Wildman–Crippen MR) is 169 cm³/mol. The third-order valence-corrected chi connectivity index (χ3v) is 8.76. The van der Waals surface area contributed by atoms with Crippen LogP contribution in [0.5, 0.6) is 0 Å². The van der Waals surface area contributed by atoms with Crippen LogP contribution in [-0.4, -0.2) is 81.5 Å². The molecule has 0 bridgehead atoms. The van der Waals surface area contributed by atoms with E-state index in [1.165, 1.54) is 11.9 Å². The highest BCUT2D eigenvalue weighted by Crippen LogP contribution is 2.36. The maximum atomic E-state index is 13.5. The highest BCUT2D eigenvalue weighted by molar-refractivity contribution is 6.16. The van der Waals surface area contributed by atoms with E-state index in [1.807, 2.05) is 52.0 Å². The molecule has 4 heterocycles. The monoisotopic (exact) mass is 580 g/mol. The molecule has 3 aromatic rings. The summed E-state index contributed by atoms with van der Waals surface area (Å²) in [5.41, 5.74) is 12.5. The van der Waals surface area contributed by atoms with E-state index in [0.717, 1.165) is 60.3 Å². The molecule has 6 rings (SSSR count). The number of amides is 1. The minimum Gasteiger partial charge on any atom is -0.386 e. The molecule has 2 fully saturated rings. The first-order valence-electron chi connectivity index (χ1n) is 15.2. The number of rotatable bonds is 8. The van der Waals surface area contributed by atoms with Gasteiger partial charge in [-0.2, -0.15) is 5.10 Å². The highest BCUT2D eigenvalue weighted by Gasteiger charge is 2.33. The molecule has 1 aliphatic carbocycles. The van der Waals surface area contributed by atoms with E-state index >= 15 is 0 Å². The number of nitrogens with two attached hydrogens (primary N) is 1. The number of allylic oxidation sites excluding steroid dienone is 5. The van der Waals surface area contributed by atoms with Crippen molar-refractivity contribution in [3.05, 3.63) is 89.5 Å². The number of nitrogen functional groups attached to an aromatic ring is 1. The molecule has 10 heteroatoms. The van der Waals surface area contributed by atoms with Crippen LogP contribution in [0.15, 0.2) is 72.7 Å². The number of fused-ring (bicyclic) bond motifs is 1. The molecule has 10 nitrogen and oxygen atoms in total. The minimum atomic E-state index is -0.0819. The third-order valence-electron chi connectivity index (χ3n) is 8.76. The summed E-state index contributed by atoms with van der Waals surface area (Å²) in [6.45, 7) is 7.21. The molecule has 2 aliphatic heterocycles. The number of nitrogens with zero attached hydrogens (tertiary/aromatic N) is 5. The molecule has 3 aliphatic rings. The van der Waals surface area contributed by atoms with E-state index in [2.05, 4.69) is 45.4 Å². The number of likely N-dealkylation sites (tertiary alicyclic amines) is 1. The van der Waals surface area contributed by atoms with Gasteiger partial charge in [-0.15, -0.1) is 0 Å². The molecular weight excluding hydrogens is 540 g/mol. The lowest BCUT2D eigenvalue weighted by Crippen LogP contribution is -2.53. The minimum absolute atomic E-state index is 0.0819. The van der Waals surface area contributed by atoms with Crippen molar-refractivity contribution < 1.29 is 9.53 Å². The summed E-state index contributed by atoms with van der Waals surface area (Å²) in [5, 5.41) is 16.6. The second kappa shape index (κ2) is 12.9. The first-order chi connectivity index (χ1) is 21.0. The van der Waals surface area contributed by atoms with Gasteiger partial charge in [0.2, 0.25) is 5.91 Å². The van der Waals surface area contributed by atoms with Crippen LogP contribution in [0.3, 0.4) is 0 Å². The zero-order valence-corrected chi connectivity index (χ0v) is 24.7. The summed E-state index contributed by atoms with van der Waals surface area (Å²) in [7, 11) is 0. The molecule has 1 unspecified atom stereocenters. The van der Waals surface area contributed by atoms with E-state index in [-0.39, 0.29) is 17.9 Å². The number of carbonyl (C=O) groups is 1. The number of piperidine rings is 1. The van der Waals surface area contributed by atoms with Gasteiger partial charge in [-0.05, 0) is 42.5 Å². The maximum Gasteiger partial charge on any atom is 0.239 e. The summed E-state index contributed by atoms with van der Waals surface area (Å²) in [4.78, 5) is 22.1. The van der Waals surface area contributed by atoms with Crippen LogP contribution in [0, 0.1) is 5.41 Å². The fraction of sp³-hybridized carbons (Fsp3) is 0.394. The third kappa shape index (κ3) is 6.11. The fourth-order valence-corrected chi connectivity index (χ4v) is 6.41.